The molecule has 0 radical (unpaired) electrons. The lowest BCUT2D eigenvalue weighted by Crippen LogP contribution is -2.52. The molecule has 1 aromatic rings. The molecule has 1 atom stereocenters. The van der Waals surface area contributed by atoms with E-state index in [9.17, 15) is 23.2 Å². The second-order valence-electron chi connectivity index (χ2n) is 5.29. The fourth-order valence-electron chi connectivity index (χ4n) is 2.86. The van der Waals surface area contributed by atoms with Crippen LogP contribution in [0.4, 0.5) is 8.78 Å². The van der Waals surface area contributed by atoms with Crippen molar-refractivity contribution in [1.29, 1.82) is 0 Å². The maximum absolute atomic E-state index is 14.3. The second-order valence-corrected chi connectivity index (χ2v) is 5.29. The van der Waals surface area contributed by atoms with Crippen LogP contribution in [0.25, 0.3) is 0 Å². The number of halogens is 3. The molecule has 23 heavy (non-hydrogen) atoms. The van der Waals surface area contributed by atoms with Crippen LogP contribution < -0.4 is 11.1 Å². The van der Waals surface area contributed by atoms with E-state index in [1.165, 1.54) is 0 Å². The first-order chi connectivity index (χ1) is 10.4. The molecule has 1 saturated heterocycles. The fourth-order valence-corrected chi connectivity index (χ4v) is 2.86. The molecule has 9 heteroatoms. The predicted octanol–water partition coefficient (Wildman–Crippen LogP) is 0.606. The molecule has 3 amide bonds. The van der Waals surface area contributed by atoms with Gasteiger partial charge in [0.15, 0.2) is 0 Å². The van der Waals surface area contributed by atoms with Crippen LogP contribution in [0.15, 0.2) is 6.07 Å². The number of nitrogens with zero attached hydrogens (tertiary/aromatic N) is 1. The van der Waals surface area contributed by atoms with Crippen LogP contribution in [-0.2, 0) is 22.7 Å². The van der Waals surface area contributed by atoms with E-state index in [2.05, 4.69) is 5.32 Å². The summed E-state index contributed by atoms with van der Waals surface area (Å²) in [4.78, 5) is 36.5. The minimum atomic E-state index is -0.905. The van der Waals surface area contributed by atoms with Crippen LogP contribution in [0.5, 0.6) is 0 Å². The third-order valence-electron chi connectivity index (χ3n) is 4.00. The molecule has 1 aromatic carbocycles. The molecule has 0 spiro atoms. The van der Waals surface area contributed by atoms with Crippen molar-refractivity contribution in [3.63, 3.8) is 0 Å². The van der Waals surface area contributed by atoms with Gasteiger partial charge in [-0.15, -0.1) is 12.4 Å². The Morgan fingerprint density at radius 2 is 2.00 bits per heavy atom. The van der Waals surface area contributed by atoms with E-state index >= 15 is 0 Å². The summed E-state index contributed by atoms with van der Waals surface area (Å²) in [5.41, 5.74) is 4.80. The van der Waals surface area contributed by atoms with E-state index in [0.29, 0.717) is 0 Å². The average Bonchev–Trinajstić information content (AvgIpc) is 2.81. The molecule has 3 rings (SSSR count). The Bertz CT molecular complexity index is 711. The van der Waals surface area contributed by atoms with Crippen LogP contribution in [0.1, 0.15) is 34.3 Å². The molecule has 0 aromatic heterocycles. The highest BCUT2D eigenvalue weighted by atomic mass is 35.5. The number of nitrogens with one attached hydrogen (secondary N) is 1. The Morgan fingerprint density at radius 3 is 2.61 bits per heavy atom. The van der Waals surface area contributed by atoms with Gasteiger partial charge in [0.25, 0.3) is 5.91 Å². The van der Waals surface area contributed by atoms with E-state index in [4.69, 9.17) is 5.73 Å². The number of benzene rings is 1. The maximum atomic E-state index is 14.3. The highest BCUT2D eigenvalue weighted by Crippen LogP contribution is 2.32. The topological polar surface area (TPSA) is 92.5 Å². The minimum Gasteiger partial charge on any atom is -0.326 e. The summed E-state index contributed by atoms with van der Waals surface area (Å²) < 4.78 is 28.3. The van der Waals surface area contributed by atoms with Gasteiger partial charge in [-0.25, -0.2) is 8.78 Å². The molecule has 1 fully saturated rings. The van der Waals surface area contributed by atoms with Gasteiger partial charge in [0.1, 0.15) is 17.7 Å². The van der Waals surface area contributed by atoms with Crippen LogP contribution in [0.2, 0.25) is 0 Å². The van der Waals surface area contributed by atoms with E-state index in [1.807, 2.05) is 0 Å². The first-order valence-corrected chi connectivity index (χ1v) is 6.78. The number of hydrogen-bond acceptors (Lipinski definition) is 4. The number of carbonyl (C=O) groups excluding carboxylic acids is 3. The van der Waals surface area contributed by atoms with Crippen LogP contribution in [-0.4, -0.2) is 28.7 Å². The van der Waals surface area contributed by atoms with Gasteiger partial charge in [-0.05, 0) is 12.5 Å². The summed E-state index contributed by atoms with van der Waals surface area (Å²) in [6.45, 7) is -0.435. The van der Waals surface area contributed by atoms with Crippen molar-refractivity contribution in [3.05, 3.63) is 34.4 Å². The highest BCUT2D eigenvalue weighted by Gasteiger charge is 2.42. The third-order valence-corrected chi connectivity index (χ3v) is 4.00. The zero-order valence-corrected chi connectivity index (χ0v) is 12.7. The van der Waals surface area contributed by atoms with E-state index < -0.39 is 35.4 Å². The van der Waals surface area contributed by atoms with Gasteiger partial charge in [-0.2, -0.15) is 0 Å². The molecule has 0 saturated carbocycles. The Balaban J connectivity index is 0.00000192. The lowest BCUT2D eigenvalue weighted by Gasteiger charge is -2.29. The largest absolute Gasteiger partial charge is 0.326 e. The van der Waals surface area contributed by atoms with Gasteiger partial charge in [-0.1, -0.05) is 0 Å². The van der Waals surface area contributed by atoms with Crippen molar-refractivity contribution < 1.29 is 23.2 Å². The molecular weight excluding hydrogens is 332 g/mol. The molecular formula is C14H14ClF2N3O3. The van der Waals surface area contributed by atoms with E-state index in [0.717, 1.165) is 11.0 Å². The molecule has 124 valence electrons. The van der Waals surface area contributed by atoms with Gasteiger partial charge >= 0.3 is 0 Å². The first-order valence-electron chi connectivity index (χ1n) is 6.78. The predicted molar refractivity (Wildman–Crippen MR) is 77.5 cm³/mol. The highest BCUT2D eigenvalue weighted by molar-refractivity contribution is 6.05. The summed E-state index contributed by atoms with van der Waals surface area (Å²) in [7, 11) is 0. The van der Waals surface area contributed by atoms with Crippen molar-refractivity contribution in [1.82, 2.24) is 10.2 Å². The van der Waals surface area contributed by atoms with Gasteiger partial charge in [0.2, 0.25) is 11.8 Å². The number of nitrogens with two attached hydrogens (primary N) is 1. The molecule has 0 bridgehead atoms. The molecule has 3 N–H and O–H groups in total. The van der Waals surface area contributed by atoms with Crippen LogP contribution >= 0.6 is 12.4 Å². The fraction of sp³-hybridized carbons (Fsp3) is 0.357. The Kier molecular flexibility index (Phi) is 4.67. The lowest BCUT2D eigenvalue weighted by molar-refractivity contribution is -0.136. The monoisotopic (exact) mass is 345 g/mol. The molecule has 0 aliphatic carbocycles. The number of piperidine rings is 1. The normalized spacial score (nSPS) is 20.2. The van der Waals surface area contributed by atoms with Gasteiger partial charge in [-0.3, -0.25) is 19.7 Å². The summed E-state index contributed by atoms with van der Waals surface area (Å²) in [5.74, 6) is -3.37. The van der Waals surface area contributed by atoms with Crippen LogP contribution in [0, 0.1) is 11.6 Å². The van der Waals surface area contributed by atoms with Gasteiger partial charge in [0.05, 0.1) is 12.1 Å². The Hall–Kier alpha value is -2.06. The van der Waals surface area contributed by atoms with E-state index in [-0.39, 0.29) is 55.0 Å². The number of carbonyl (C=O) groups is 3. The van der Waals surface area contributed by atoms with Crippen molar-refractivity contribution in [2.24, 2.45) is 5.73 Å². The van der Waals surface area contributed by atoms with Crippen molar-refractivity contribution in [2.75, 3.05) is 0 Å². The first kappa shape index (κ1) is 17.3. The lowest BCUT2D eigenvalue weighted by atomic mass is 10.0. The van der Waals surface area contributed by atoms with Crippen molar-refractivity contribution >= 4 is 30.1 Å². The third kappa shape index (κ3) is 2.68. The molecule has 1 unspecified atom stereocenters. The van der Waals surface area contributed by atoms with Crippen molar-refractivity contribution in [2.45, 2.75) is 32.0 Å². The summed E-state index contributed by atoms with van der Waals surface area (Å²) >= 11 is 0. The maximum Gasteiger partial charge on any atom is 0.258 e. The van der Waals surface area contributed by atoms with Crippen molar-refractivity contribution in [3.8, 4) is 0 Å². The van der Waals surface area contributed by atoms with E-state index in [1.54, 1.807) is 0 Å². The van der Waals surface area contributed by atoms with Crippen LogP contribution in [0.3, 0.4) is 0 Å². The molecule has 2 aliphatic heterocycles. The number of imide groups is 1. The zero-order valence-electron chi connectivity index (χ0n) is 11.9. The Labute approximate surface area is 136 Å². The molecule has 6 nitrogen and oxygen atoms in total. The molecule has 2 aliphatic rings. The summed E-state index contributed by atoms with van der Waals surface area (Å²) in [5, 5.41) is 2.13. The zero-order chi connectivity index (χ0) is 16.0. The number of amides is 3. The standard InChI is InChI=1S/C14H13F2N3O3.ClH/c15-8-3-6(4-17)12(16)11-7(8)5-19(14(11)22)9-1-2-10(20)18-13(9)21;/h3,9H,1-2,4-5,17H2,(H,18,20,21);1H. The quantitative estimate of drug-likeness (QED) is 0.768. The van der Waals surface area contributed by atoms with Gasteiger partial charge < -0.3 is 10.6 Å². The SMILES string of the molecule is Cl.NCc1cc(F)c2c(c1F)C(=O)N(C1CCC(=O)NC1=O)C2. The molecule has 2 heterocycles. The Morgan fingerprint density at radius 1 is 1.30 bits per heavy atom. The summed E-state index contributed by atoms with van der Waals surface area (Å²) in [6, 6.07) is 0.0628. The summed E-state index contributed by atoms with van der Waals surface area (Å²) in [6.07, 6.45) is 0.215. The van der Waals surface area contributed by atoms with Gasteiger partial charge in [0, 0.05) is 24.1 Å². The second kappa shape index (κ2) is 6.21. The number of rotatable bonds is 2. The average molecular weight is 346 g/mol. The number of fused-ring (bicyclic) bond motifs is 1. The smallest absolute Gasteiger partial charge is 0.258 e. The minimum absolute atomic E-state index is 0. The number of hydrogen-bond donors (Lipinski definition) is 2.